The number of ketones is 1. The van der Waals surface area contributed by atoms with Crippen LogP contribution in [0.2, 0.25) is 0 Å². The molecule has 2 nitrogen and oxygen atoms in total. The number of rotatable bonds is 4. The van der Waals surface area contributed by atoms with Gasteiger partial charge in [0.25, 0.3) is 0 Å². The van der Waals surface area contributed by atoms with Crippen LogP contribution in [0.15, 0.2) is 40.3 Å². The molecule has 0 atom stereocenters. The minimum absolute atomic E-state index is 0.169. The number of benzene rings is 1. The highest BCUT2D eigenvalue weighted by molar-refractivity contribution is 9.10. The van der Waals surface area contributed by atoms with Crippen LogP contribution < -0.4 is 0 Å². The van der Waals surface area contributed by atoms with Crippen LogP contribution in [-0.4, -0.2) is 10.8 Å². The second kappa shape index (κ2) is 5.37. The van der Waals surface area contributed by atoms with Crippen molar-refractivity contribution in [3.8, 4) is 0 Å². The van der Waals surface area contributed by atoms with Crippen molar-refractivity contribution in [2.45, 2.75) is 12.8 Å². The van der Waals surface area contributed by atoms with Crippen LogP contribution in [0.25, 0.3) is 0 Å². The van der Waals surface area contributed by atoms with E-state index in [-0.39, 0.29) is 5.78 Å². The quantitative estimate of drug-likeness (QED) is 0.805. The van der Waals surface area contributed by atoms with E-state index in [1.54, 1.807) is 17.5 Å². The lowest BCUT2D eigenvalue weighted by Crippen LogP contribution is -2.00. The van der Waals surface area contributed by atoms with Crippen LogP contribution >= 0.6 is 27.3 Å². The highest BCUT2D eigenvalue weighted by Gasteiger charge is 2.06. The van der Waals surface area contributed by atoms with Crippen LogP contribution in [0.3, 0.4) is 0 Å². The van der Waals surface area contributed by atoms with Crippen molar-refractivity contribution in [3.05, 3.63) is 50.9 Å². The van der Waals surface area contributed by atoms with Gasteiger partial charge >= 0.3 is 0 Å². The minimum Gasteiger partial charge on any atom is -0.294 e. The van der Waals surface area contributed by atoms with Crippen molar-refractivity contribution in [1.29, 1.82) is 0 Å². The molecule has 0 bridgehead atoms. The average Bonchev–Trinajstić information content (AvgIpc) is 2.80. The molecule has 0 amide bonds. The van der Waals surface area contributed by atoms with Gasteiger partial charge in [0.1, 0.15) is 0 Å². The van der Waals surface area contributed by atoms with Crippen molar-refractivity contribution in [2.75, 3.05) is 0 Å². The second-order valence-corrected chi connectivity index (χ2v) is 5.25. The molecular weight excluding hydrogens is 286 g/mol. The van der Waals surface area contributed by atoms with Gasteiger partial charge in [-0.25, -0.2) is 4.98 Å². The molecule has 0 N–H and O–H groups in total. The number of carbonyl (C=O) groups is 1. The summed E-state index contributed by atoms with van der Waals surface area (Å²) in [5.74, 6) is 0.169. The van der Waals surface area contributed by atoms with Gasteiger partial charge in [0.05, 0.1) is 5.01 Å². The lowest BCUT2D eigenvalue weighted by Gasteiger charge is -1.99. The van der Waals surface area contributed by atoms with E-state index in [4.69, 9.17) is 0 Å². The number of aryl methyl sites for hydroxylation is 1. The molecule has 16 heavy (non-hydrogen) atoms. The van der Waals surface area contributed by atoms with Crippen LogP contribution in [0.4, 0.5) is 0 Å². The number of Topliss-reactive ketones (excluding diaryl/α,β-unsaturated/α-hetero) is 1. The molecule has 0 aliphatic heterocycles. The van der Waals surface area contributed by atoms with Crippen LogP contribution in [0.5, 0.6) is 0 Å². The summed E-state index contributed by atoms with van der Waals surface area (Å²) in [5.41, 5.74) is 0.764. The third-order valence-electron chi connectivity index (χ3n) is 2.22. The van der Waals surface area contributed by atoms with E-state index in [0.29, 0.717) is 6.42 Å². The maximum absolute atomic E-state index is 11.8. The standard InChI is InChI=1S/C12H10BrNOS/c13-10-3-1-9(2-4-10)11(15)5-6-12-14-7-8-16-12/h1-4,7-8H,5-6H2. The third kappa shape index (κ3) is 3.00. The molecule has 82 valence electrons. The summed E-state index contributed by atoms with van der Waals surface area (Å²) in [7, 11) is 0. The van der Waals surface area contributed by atoms with E-state index in [9.17, 15) is 4.79 Å². The number of aromatic nitrogens is 1. The maximum Gasteiger partial charge on any atom is 0.163 e. The SMILES string of the molecule is O=C(CCc1nccs1)c1ccc(Br)cc1. The Hall–Kier alpha value is -1.00. The van der Waals surface area contributed by atoms with Gasteiger partial charge in [-0.15, -0.1) is 11.3 Å². The van der Waals surface area contributed by atoms with Gasteiger partial charge in [-0.3, -0.25) is 4.79 Å². The maximum atomic E-state index is 11.8. The van der Waals surface area contributed by atoms with E-state index < -0.39 is 0 Å². The third-order valence-corrected chi connectivity index (χ3v) is 3.58. The normalized spacial score (nSPS) is 10.3. The van der Waals surface area contributed by atoms with Crippen LogP contribution in [-0.2, 0) is 6.42 Å². The number of hydrogen-bond donors (Lipinski definition) is 0. The number of hydrogen-bond acceptors (Lipinski definition) is 3. The highest BCUT2D eigenvalue weighted by Crippen LogP contribution is 2.14. The largest absolute Gasteiger partial charge is 0.294 e. The summed E-state index contributed by atoms with van der Waals surface area (Å²) >= 11 is 4.94. The molecule has 0 radical (unpaired) electrons. The molecule has 0 saturated carbocycles. The summed E-state index contributed by atoms with van der Waals surface area (Å²) in [4.78, 5) is 16.0. The fraction of sp³-hybridized carbons (Fsp3) is 0.167. The fourth-order valence-corrected chi connectivity index (χ4v) is 2.26. The minimum atomic E-state index is 0.169. The zero-order chi connectivity index (χ0) is 11.4. The van der Waals surface area contributed by atoms with Crippen molar-refractivity contribution in [2.24, 2.45) is 0 Å². The molecule has 4 heteroatoms. The first kappa shape index (κ1) is 11.5. The number of nitrogens with zero attached hydrogens (tertiary/aromatic N) is 1. The van der Waals surface area contributed by atoms with Gasteiger partial charge < -0.3 is 0 Å². The smallest absolute Gasteiger partial charge is 0.163 e. The Morgan fingerprint density at radius 2 is 2.06 bits per heavy atom. The van der Waals surface area contributed by atoms with Crippen LogP contribution in [0.1, 0.15) is 21.8 Å². The first-order valence-electron chi connectivity index (χ1n) is 4.93. The molecule has 0 unspecified atom stereocenters. The molecular formula is C12H10BrNOS. The molecule has 2 rings (SSSR count). The molecule has 1 heterocycles. The summed E-state index contributed by atoms with van der Waals surface area (Å²) < 4.78 is 0.990. The van der Waals surface area contributed by atoms with Crippen molar-refractivity contribution in [1.82, 2.24) is 4.98 Å². The van der Waals surface area contributed by atoms with Gasteiger partial charge in [-0.05, 0) is 12.1 Å². The Morgan fingerprint density at radius 1 is 1.31 bits per heavy atom. The van der Waals surface area contributed by atoms with E-state index in [0.717, 1.165) is 21.5 Å². The monoisotopic (exact) mass is 295 g/mol. The average molecular weight is 296 g/mol. The molecule has 1 aromatic carbocycles. The summed E-state index contributed by atoms with van der Waals surface area (Å²) in [6, 6.07) is 7.45. The van der Waals surface area contributed by atoms with Crippen molar-refractivity contribution in [3.63, 3.8) is 0 Å². The number of thiazole rings is 1. The number of carbonyl (C=O) groups excluding carboxylic acids is 1. The van der Waals surface area contributed by atoms with Gasteiger partial charge in [0.2, 0.25) is 0 Å². The lowest BCUT2D eigenvalue weighted by molar-refractivity contribution is 0.0983. The van der Waals surface area contributed by atoms with Crippen molar-refractivity contribution >= 4 is 33.0 Å². The summed E-state index contributed by atoms with van der Waals surface area (Å²) in [6.45, 7) is 0. The Bertz CT molecular complexity index is 464. The Labute approximate surface area is 106 Å². The predicted molar refractivity (Wildman–Crippen MR) is 68.9 cm³/mol. The fourth-order valence-electron chi connectivity index (χ4n) is 1.38. The Morgan fingerprint density at radius 3 is 2.69 bits per heavy atom. The predicted octanol–water partition coefficient (Wildman–Crippen LogP) is 3.72. The number of halogens is 1. The summed E-state index contributed by atoms with van der Waals surface area (Å²) in [6.07, 6.45) is 3.02. The summed E-state index contributed by atoms with van der Waals surface area (Å²) in [5, 5.41) is 2.95. The van der Waals surface area contributed by atoms with E-state index >= 15 is 0 Å². The lowest BCUT2D eigenvalue weighted by atomic mass is 10.1. The highest BCUT2D eigenvalue weighted by atomic mass is 79.9. The molecule has 0 saturated heterocycles. The van der Waals surface area contributed by atoms with Gasteiger partial charge in [-0.1, -0.05) is 28.1 Å². The Balaban J connectivity index is 1.95. The second-order valence-electron chi connectivity index (χ2n) is 3.36. The van der Waals surface area contributed by atoms with Crippen molar-refractivity contribution < 1.29 is 4.79 Å². The first-order valence-corrected chi connectivity index (χ1v) is 6.60. The topological polar surface area (TPSA) is 30.0 Å². The van der Waals surface area contributed by atoms with E-state index in [1.165, 1.54) is 0 Å². The zero-order valence-corrected chi connectivity index (χ0v) is 10.9. The molecule has 2 aromatic rings. The van der Waals surface area contributed by atoms with Gasteiger partial charge in [0, 0.05) is 34.5 Å². The van der Waals surface area contributed by atoms with E-state index in [2.05, 4.69) is 20.9 Å². The van der Waals surface area contributed by atoms with Gasteiger partial charge in [0.15, 0.2) is 5.78 Å². The molecule has 0 aliphatic carbocycles. The molecule has 1 aromatic heterocycles. The molecule has 0 aliphatic rings. The molecule has 0 spiro atoms. The molecule has 0 fully saturated rings. The Kier molecular flexibility index (Phi) is 3.85. The van der Waals surface area contributed by atoms with Crippen LogP contribution in [0, 0.1) is 0 Å². The zero-order valence-electron chi connectivity index (χ0n) is 8.52. The van der Waals surface area contributed by atoms with E-state index in [1.807, 2.05) is 29.6 Å². The first-order chi connectivity index (χ1) is 7.75. The van der Waals surface area contributed by atoms with Gasteiger partial charge in [-0.2, -0.15) is 0 Å².